The fraction of sp³-hybridized carbons (Fsp3) is 0.800. The molecule has 0 bridgehead atoms. The first-order chi connectivity index (χ1) is 8.50. The molecule has 0 saturated heterocycles. The van der Waals surface area contributed by atoms with Gasteiger partial charge in [-0.3, -0.25) is 0 Å². The lowest BCUT2D eigenvalue weighted by Crippen LogP contribution is -2.30. The van der Waals surface area contributed by atoms with Crippen molar-refractivity contribution in [3.05, 3.63) is 18.2 Å². The molecule has 18 heavy (non-hydrogen) atoms. The lowest BCUT2D eigenvalue weighted by molar-refractivity contribution is 0.438. The van der Waals surface area contributed by atoms with E-state index in [-0.39, 0.29) is 0 Å². The minimum absolute atomic E-state index is 0.498. The molecule has 1 aromatic heterocycles. The highest BCUT2D eigenvalue weighted by Gasteiger charge is 2.07. The van der Waals surface area contributed by atoms with Gasteiger partial charge in [-0.15, -0.1) is 0 Å². The largest absolute Gasteiger partial charge is 0.333 e. The summed E-state index contributed by atoms with van der Waals surface area (Å²) in [6, 6.07) is 0.610. The van der Waals surface area contributed by atoms with Crippen molar-refractivity contribution in [1.29, 1.82) is 0 Å². The molecule has 1 unspecified atom stereocenters. The highest BCUT2D eigenvalue weighted by molar-refractivity contribution is 4.97. The quantitative estimate of drug-likeness (QED) is 0.767. The van der Waals surface area contributed by atoms with Crippen molar-refractivity contribution in [2.45, 2.75) is 66.0 Å². The van der Waals surface area contributed by atoms with Crippen molar-refractivity contribution in [2.75, 3.05) is 6.54 Å². The Morgan fingerprint density at radius 1 is 1.17 bits per heavy atom. The number of rotatable bonds is 8. The Hall–Kier alpha value is -0.830. The molecule has 0 spiro atoms. The molecule has 1 aromatic rings. The van der Waals surface area contributed by atoms with E-state index in [1.54, 1.807) is 0 Å². The predicted octanol–water partition coefficient (Wildman–Crippen LogP) is 3.42. The van der Waals surface area contributed by atoms with E-state index in [1.807, 2.05) is 6.20 Å². The van der Waals surface area contributed by atoms with Crippen LogP contribution in [0.3, 0.4) is 0 Å². The molecule has 0 amide bonds. The Kier molecular flexibility index (Phi) is 6.41. The minimum Gasteiger partial charge on any atom is -0.333 e. The van der Waals surface area contributed by atoms with Gasteiger partial charge in [-0.1, -0.05) is 27.7 Å². The van der Waals surface area contributed by atoms with Crippen LogP contribution in [0.15, 0.2) is 12.4 Å². The van der Waals surface area contributed by atoms with E-state index < -0.39 is 0 Å². The molecule has 0 aliphatic heterocycles. The molecule has 104 valence electrons. The van der Waals surface area contributed by atoms with Crippen molar-refractivity contribution in [2.24, 2.45) is 5.92 Å². The van der Waals surface area contributed by atoms with Crippen LogP contribution < -0.4 is 5.32 Å². The maximum atomic E-state index is 4.41. The smallest absolute Gasteiger partial charge is 0.111 e. The Balaban J connectivity index is 2.26. The van der Waals surface area contributed by atoms with E-state index in [4.69, 9.17) is 0 Å². The number of imidazole rings is 1. The second kappa shape index (κ2) is 7.57. The first-order valence-corrected chi connectivity index (χ1v) is 7.25. The van der Waals surface area contributed by atoms with Crippen LogP contribution in [0.1, 0.15) is 59.2 Å². The highest BCUT2D eigenvalue weighted by Crippen LogP contribution is 2.11. The molecular weight excluding hydrogens is 222 g/mol. The van der Waals surface area contributed by atoms with Gasteiger partial charge in [0, 0.05) is 37.4 Å². The first-order valence-electron chi connectivity index (χ1n) is 7.25. The SMILES string of the molecule is CC(C)CCC(C)NCCn1ccnc1C(C)C. The molecule has 1 heterocycles. The third-order valence-electron chi connectivity index (χ3n) is 3.29. The molecule has 0 radical (unpaired) electrons. The Bertz CT molecular complexity index is 328. The van der Waals surface area contributed by atoms with Gasteiger partial charge in [-0.05, 0) is 25.7 Å². The summed E-state index contributed by atoms with van der Waals surface area (Å²) in [5.41, 5.74) is 0. The summed E-state index contributed by atoms with van der Waals surface area (Å²) in [5.74, 6) is 2.49. The fourth-order valence-corrected chi connectivity index (χ4v) is 2.13. The number of hydrogen-bond donors (Lipinski definition) is 1. The van der Waals surface area contributed by atoms with Crippen molar-refractivity contribution >= 4 is 0 Å². The van der Waals surface area contributed by atoms with Gasteiger partial charge in [0.1, 0.15) is 5.82 Å². The summed E-state index contributed by atoms with van der Waals surface area (Å²) in [6.07, 6.45) is 6.54. The van der Waals surface area contributed by atoms with E-state index in [0.717, 1.165) is 19.0 Å². The van der Waals surface area contributed by atoms with Crippen LogP contribution in [0, 0.1) is 5.92 Å². The van der Waals surface area contributed by atoms with Gasteiger partial charge in [0.25, 0.3) is 0 Å². The van der Waals surface area contributed by atoms with Crippen LogP contribution in [0.25, 0.3) is 0 Å². The Labute approximate surface area is 112 Å². The molecule has 0 aliphatic rings. The average Bonchev–Trinajstić information content (AvgIpc) is 2.74. The van der Waals surface area contributed by atoms with Crippen molar-refractivity contribution < 1.29 is 0 Å². The maximum absolute atomic E-state index is 4.41. The van der Waals surface area contributed by atoms with E-state index in [2.05, 4.69) is 55.7 Å². The molecule has 3 nitrogen and oxygen atoms in total. The molecule has 3 heteroatoms. The standard InChI is InChI=1S/C15H29N3/c1-12(2)6-7-14(5)16-8-10-18-11-9-17-15(18)13(3)4/h9,11-14,16H,6-8,10H2,1-5H3. The van der Waals surface area contributed by atoms with Crippen molar-refractivity contribution in [3.63, 3.8) is 0 Å². The fourth-order valence-electron chi connectivity index (χ4n) is 2.13. The lowest BCUT2D eigenvalue weighted by atomic mass is 10.0. The molecule has 1 rings (SSSR count). The van der Waals surface area contributed by atoms with Gasteiger partial charge in [0.15, 0.2) is 0 Å². The normalized spacial score (nSPS) is 13.5. The van der Waals surface area contributed by atoms with E-state index in [0.29, 0.717) is 12.0 Å². The molecule has 1 N–H and O–H groups in total. The summed E-state index contributed by atoms with van der Waals surface area (Å²) in [5, 5.41) is 3.59. The van der Waals surface area contributed by atoms with Gasteiger partial charge in [0.2, 0.25) is 0 Å². The Morgan fingerprint density at radius 2 is 1.89 bits per heavy atom. The summed E-state index contributed by atoms with van der Waals surface area (Å²) in [7, 11) is 0. The third kappa shape index (κ3) is 5.21. The van der Waals surface area contributed by atoms with Crippen LogP contribution in [0.4, 0.5) is 0 Å². The third-order valence-corrected chi connectivity index (χ3v) is 3.29. The second-order valence-corrected chi connectivity index (χ2v) is 5.96. The van der Waals surface area contributed by atoms with E-state index in [1.165, 1.54) is 18.7 Å². The van der Waals surface area contributed by atoms with Crippen molar-refractivity contribution in [3.8, 4) is 0 Å². The maximum Gasteiger partial charge on any atom is 0.111 e. The van der Waals surface area contributed by atoms with Gasteiger partial charge in [-0.25, -0.2) is 4.98 Å². The minimum atomic E-state index is 0.498. The zero-order valence-electron chi connectivity index (χ0n) is 12.6. The Morgan fingerprint density at radius 3 is 2.50 bits per heavy atom. The second-order valence-electron chi connectivity index (χ2n) is 5.96. The highest BCUT2D eigenvalue weighted by atomic mass is 15.1. The monoisotopic (exact) mass is 251 g/mol. The van der Waals surface area contributed by atoms with Crippen LogP contribution in [0.2, 0.25) is 0 Å². The molecule has 0 aliphatic carbocycles. The predicted molar refractivity (Wildman–Crippen MR) is 77.9 cm³/mol. The molecule has 1 atom stereocenters. The van der Waals surface area contributed by atoms with Crippen LogP contribution in [-0.2, 0) is 6.54 Å². The van der Waals surface area contributed by atoms with Crippen LogP contribution in [0.5, 0.6) is 0 Å². The molecular formula is C15H29N3. The van der Waals surface area contributed by atoms with Gasteiger partial charge in [0.05, 0.1) is 0 Å². The molecule has 0 aromatic carbocycles. The summed E-state index contributed by atoms with van der Waals surface area (Å²) in [6.45, 7) is 13.3. The molecule has 0 fully saturated rings. The summed E-state index contributed by atoms with van der Waals surface area (Å²) in [4.78, 5) is 4.41. The average molecular weight is 251 g/mol. The lowest BCUT2D eigenvalue weighted by Gasteiger charge is -2.16. The number of aromatic nitrogens is 2. The van der Waals surface area contributed by atoms with Gasteiger partial charge in [-0.2, -0.15) is 0 Å². The van der Waals surface area contributed by atoms with E-state index >= 15 is 0 Å². The van der Waals surface area contributed by atoms with Gasteiger partial charge >= 0.3 is 0 Å². The zero-order chi connectivity index (χ0) is 13.5. The van der Waals surface area contributed by atoms with Crippen LogP contribution in [-0.4, -0.2) is 22.1 Å². The van der Waals surface area contributed by atoms with Gasteiger partial charge < -0.3 is 9.88 Å². The number of nitrogens with zero attached hydrogens (tertiary/aromatic N) is 2. The number of hydrogen-bond acceptors (Lipinski definition) is 2. The van der Waals surface area contributed by atoms with Crippen molar-refractivity contribution in [1.82, 2.24) is 14.9 Å². The summed E-state index contributed by atoms with van der Waals surface area (Å²) < 4.78 is 2.26. The summed E-state index contributed by atoms with van der Waals surface area (Å²) >= 11 is 0. The topological polar surface area (TPSA) is 29.9 Å². The first kappa shape index (κ1) is 15.2. The van der Waals surface area contributed by atoms with Crippen LogP contribution >= 0.6 is 0 Å². The zero-order valence-corrected chi connectivity index (χ0v) is 12.6. The van der Waals surface area contributed by atoms with E-state index in [9.17, 15) is 0 Å². The molecule has 0 saturated carbocycles. The number of nitrogens with one attached hydrogen (secondary N) is 1.